The fraction of sp³-hybridized carbons (Fsp3) is 0.231. The van der Waals surface area contributed by atoms with Crippen LogP contribution >= 0.6 is 24.0 Å². The topological polar surface area (TPSA) is 85.2 Å². The molecule has 0 spiro atoms. The van der Waals surface area contributed by atoms with Gasteiger partial charge < -0.3 is 14.8 Å². The van der Waals surface area contributed by atoms with Gasteiger partial charge in [0.2, 0.25) is 0 Å². The van der Waals surface area contributed by atoms with Crippen molar-refractivity contribution >= 4 is 51.7 Å². The summed E-state index contributed by atoms with van der Waals surface area (Å²) in [6.45, 7) is 6.43. The lowest BCUT2D eigenvalue weighted by Gasteiger charge is -2.15. The van der Waals surface area contributed by atoms with Gasteiger partial charge in [0.05, 0.1) is 24.7 Å². The zero-order chi connectivity index (χ0) is 25.8. The number of benzene rings is 1. The molecule has 1 amide bonds. The first-order valence-electron chi connectivity index (χ1n) is 11.2. The van der Waals surface area contributed by atoms with Gasteiger partial charge in [-0.3, -0.25) is 18.9 Å². The van der Waals surface area contributed by atoms with E-state index in [0.29, 0.717) is 57.3 Å². The normalized spacial score (nSPS) is 14.5. The van der Waals surface area contributed by atoms with Crippen LogP contribution in [0.15, 0.2) is 58.9 Å². The summed E-state index contributed by atoms with van der Waals surface area (Å²) in [4.78, 5) is 33.2. The van der Waals surface area contributed by atoms with Crippen molar-refractivity contribution in [3.63, 3.8) is 0 Å². The average Bonchev–Trinajstić information content (AvgIpc) is 3.15. The standard InChI is InChI=1S/C26H26N4O4S2/c1-5-11-27-22-18(24(31)29-12-6-7-16(2)23(29)28-22)15-21-25(32)30(26(35)36-21)13-10-17-8-9-19(33-3)20(14-17)34-4/h5-9,12,14-15,27H,1,10-11,13H2,2-4H3/b21-15+. The number of carbonyl (C=O) groups is 1. The van der Waals surface area contributed by atoms with Crippen LogP contribution in [0, 0.1) is 6.92 Å². The highest BCUT2D eigenvalue weighted by atomic mass is 32.2. The quantitative estimate of drug-likeness (QED) is 0.256. The van der Waals surface area contributed by atoms with E-state index in [9.17, 15) is 9.59 Å². The first-order valence-corrected chi connectivity index (χ1v) is 12.4. The van der Waals surface area contributed by atoms with Crippen molar-refractivity contribution in [1.29, 1.82) is 0 Å². The van der Waals surface area contributed by atoms with Crippen molar-refractivity contribution in [2.45, 2.75) is 13.3 Å². The molecule has 3 heterocycles. The number of anilines is 1. The Labute approximate surface area is 218 Å². The number of methoxy groups -OCH3 is 2. The molecular weight excluding hydrogens is 496 g/mol. The number of nitrogens with zero attached hydrogens (tertiary/aromatic N) is 3. The van der Waals surface area contributed by atoms with E-state index in [1.54, 1.807) is 43.5 Å². The number of hydrogen-bond acceptors (Lipinski definition) is 8. The molecule has 36 heavy (non-hydrogen) atoms. The van der Waals surface area contributed by atoms with Crippen molar-refractivity contribution in [3.8, 4) is 11.5 Å². The van der Waals surface area contributed by atoms with E-state index in [2.05, 4.69) is 16.9 Å². The molecule has 10 heteroatoms. The van der Waals surface area contributed by atoms with Gasteiger partial charge in [-0.2, -0.15) is 0 Å². The third kappa shape index (κ3) is 5.00. The van der Waals surface area contributed by atoms with Gasteiger partial charge in [-0.25, -0.2) is 4.98 Å². The minimum Gasteiger partial charge on any atom is -0.493 e. The van der Waals surface area contributed by atoms with E-state index in [0.717, 1.165) is 11.1 Å². The number of fused-ring (bicyclic) bond motifs is 1. The van der Waals surface area contributed by atoms with Crippen molar-refractivity contribution in [1.82, 2.24) is 14.3 Å². The third-order valence-corrected chi connectivity index (χ3v) is 7.10. The van der Waals surface area contributed by atoms with E-state index in [1.165, 1.54) is 16.2 Å². The Morgan fingerprint density at radius 3 is 2.69 bits per heavy atom. The third-order valence-electron chi connectivity index (χ3n) is 5.72. The SMILES string of the molecule is C=CCNc1nc2c(C)cccn2c(=O)c1/C=C1/SC(=S)N(CCc2ccc(OC)c(OC)c2)C1=O. The number of thiocarbonyl (C=S) groups is 1. The summed E-state index contributed by atoms with van der Waals surface area (Å²) < 4.78 is 12.6. The maximum Gasteiger partial charge on any atom is 0.267 e. The molecule has 0 unspecified atom stereocenters. The van der Waals surface area contributed by atoms with Crippen LogP contribution in [0.3, 0.4) is 0 Å². The molecule has 1 aromatic carbocycles. The molecule has 1 fully saturated rings. The van der Waals surface area contributed by atoms with Crippen LogP contribution < -0.4 is 20.3 Å². The summed E-state index contributed by atoms with van der Waals surface area (Å²) in [5.74, 6) is 1.42. The van der Waals surface area contributed by atoms with Crippen molar-refractivity contribution in [2.24, 2.45) is 0 Å². The Balaban J connectivity index is 1.63. The smallest absolute Gasteiger partial charge is 0.267 e. The molecule has 4 rings (SSSR count). The second kappa shape index (κ2) is 11.0. The number of amides is 1. The van der Waals surface area contributed by atoms with Crippen LogP contribution in [0.1, 0.15) is 16.7 Å². The van der Waals surface area contributed by atoms with Crippen LogP contribution in [0.4, 0.5) is 5.82 Å². The number of ether oxygens (including phenoxy) is 2. The van der Waals surface area contributed by atoms with Crippen LogP contribution in [-0.4, -0.2) is 51.8 Å². The molecular formula is C26H26N4O4S2. The predicted octanol–water partition coefficient (Wildman–Crippen LogP) is 4.06. The van der Waals surface area contributed by atoms with Gasteiger partial charge in [0, 0.05) is 19.3 Å². The fourth-order valence-electron chi connectivity index (χ4n) is 3.85. The Bertz CT molecular complexity index is 1450. The van der Waals surface area contributed by atoms with Gasteiger partial charge in [0.25, 0.3) is 11.5 Å². The molecule has 0 aliphatic carbocycles. The second-order valence-corrected chi connectivity index (χ2v) is 9.68. The van der Waals surface area contributed by atoms with Gasteiger partial charge in [-0.15, -0.1) is 6.58 Å². The summed E-state index contributed by atoms with van der Waals surface area (Å²) >= 11 is 6.67. The van der Waals surface area contributed by atoms with Crippen molar-refractivity contribution < 1.29 is 14.3 Å². The number of hydrogen-bond donors (Lipinski definition) is 1. The summed E-state index contributed by atoms with van der Waals surface area (Å²) in [6, 6.07) is 9.32. The molecule has 0 saturated carbocycles. The van der Waals surface area contributed by atoms with Gasteiger partial charge in [0.15, 0.2) is 11.5 Å². The molecule has 1 N–H and O–H groups in total. The largest absolute Gasteiger partial charge is 0.493 e. The minimum absolute atomic E-state index is 0.242. The number of rotatable bonds is 9. The Morgan fingerprint density at radius 1 is 1.19 bits per heavy atom. The van der Waals surface area contributed by atoms with E-state index in [1.807, 2.05) is 31.2 Å². The van der Waals surface area contributed by atoms with Crippen LogP contribution in [0.2, 0.25) is 0 Å². The molecule has 1 aliphatic rings. The monoisotopic (exact) mass is 522 g/mol. The van der Waals surface area contributed by atoms with Gasteiger partial charge >= 0.3 is 0 Å². The molecule has 2 aromatic heterocycles. The average molecular weight is 523 g/mol. The van der Waals surface area contributed by atoms with E-state index in [4.69, 9.17) is 21.7 Å². The first-order chi connectivity index (χ1) is 17.4. The van der Waals surface area contributed by atoms with Crippen molar-refractivity contribution in [2.75, 3.05) is 32.6 Å². The lowest BCUT2D eigenvalue weighted by Crippen LogP contribution is -2.30. The summed E-state index contributed by atoms with van der Waals surface area (Å²) in [6.07, 6.45) is 5.50. The van der Waals surface area contributed by atoms with Crippen LogP contribution in [0.5, 0.6) is 11.5 Å². The summed E-state index contributed by atoms with van der Waals surface area (Å²) in [7, 11) is 3.17. The summed E-state index contributed by atoms with van der Waals surface area (Å²) in [5.41, 5.74) is 2.41. The maximum absolute atomic E-state index is 13.4. The Morgan fingerprint density at radius 2 is 1.97 bits per heavy atom. The number of carbonyl (C=O) groups excluding carboxylic acids is 1. The highest BCUT2D eigenvalue weighted by molar-refractivity contribution is 8.26. The highest BCUT2D eigenvalue weighted by Gasteiger charge is 2.32. The lowest BCUT2D eigenvalue weighted by molar-refractivity contribution is -0.122. The Kier molecular flexibility index (Phi) is 7.76. The number of thioether (sulfide) groups is 1. The first kappa shape index (κ1) is 25.5. The fourth-order valence-corrected chi connectivity index (χ4v) is 5.14. The number of nitrogens with one attached hydrogen (secondary N) is 1. The van der Waals surface area contributed by atoms with Gasteiger partial charge in [-0.1, -0.05) is 42.2 Å². The molecule has 1 saturated heterocycles. The van der Waals surface area contributed by atoms with E-state index in [-0.39, 0.29) is 11.5 Å². The zero-order valence-corrected chi connectivity index (χ0v) is 21.9. The second-order valence-electron chi connectivity index (χ2n) is 8.01. The summed E-state index contributed by atoms with van der Waals surface area (Å²) in [5, 5.41) is 3.12. The highest BCUT2D eigenvalue weighted by Crippen LogP contribution is 2.34. The predicted molar refractivity (Wildman–Crippen MR) is 148 cm³/mol. The van der Waals surface area contributed by atoms with Gasteiger partial charge in [-0.05, 0) is 48.7 Å². The molecule has 1 aliphatic heterocycles. The molecule has 0 atom stereocenters. The molecule has 3 aromatic rings. The minimum atomic E-state index is -0.272. The molecule has 0 radical (unpaired) electrons. The zero-order valence-electron chi connectivity index (χ0n) is 20.2. The van der Waals surface area contributed by atoms with Crippen molar-refractivity contribution in [3.05, 3.63) is 81.1 Å². The van der Waals surface area contributed by atoms with E-state index >= 15 is 0 Å². The number of aromatic nitrogens is 2. The molecule has 8 nitrogen and oxygen atoms in total. The molecule has 0 bridgehead atoms. The number of pyridine rings is 1. The number of aryl methyl sites for hydroxylation is 1. The van der Waals surface area contributed by atoms with Crippen LogP contribution in [-0.2, 0) is 11.2 Å². The Hall–Kier alpha value is -3.63. The lowest BCUT2D eigenvalue weighted by atomic mass is 10.1. The van der Waals surface area contributed by atoms with Gasteiger partial charge in [0.1, 0.15) is 15.8 Å². The van der Waals surface area contributed by atoms with Crippen LogP contribution in [0.25, 0.3) is 11.7 Å². The molecule has 186 valence electrons. The maximum atomic E-state index is 13.4. The van der Waals surface area contributed by atoms with E-state index < -0.39 is 0 Å².